The van der Waals surface area contributed by atoms with Crippen LogP contribution in [-0.2, 0) is 20.7 Å². The van der Waals surface area contributed by atoms with Crippen LogP contribution in [0.25, 0.3) is 0 Å². The Hall–Kier alpha value is -1.95. The van der Waals surface area contributed by atoms with E-state index in [9.17, 15) is 14.0 Å². The van der Waals surface area contributed by atoms with Crippen LogP contribution in [0.4, 0.5) is 4.39 Å². The zero-order valence-electron chi connectivity index (χ0n) is 12.8. The Labute approximate surface area is 133 Å². The van der Waals surface area contributed by atoms with Gasteiger partial charge in [0, 0.05) is 12.6 Å². The van der Waals surface area contributed by atoms with E-state index >= 15 is 0 Å². The molecule has 124 valence electrons. The molecule has 1 aromatic rings. The maximum Gasteiger partial charge on any atom is 0.306 e. The third-order valence-electron chi connectivity index (χ3n) is 4.75. The number of hydrogen-bond donors (Lipinski definition) is 2. The van der Waals surface area contributed by atoms with Crippen LogP contribution in [0.5, 0.6) is 0 Å². The number of halogens is 1. The highest BCUT2D eigenvalue weighted by atomic mass is 19.1. The van der Waals surface area contributed by atoms with Crippen molar-refractivity contribution in [3.05, 3.63) is 35.6 Å². The summed E-state index contributed by atoms with van der Waals surface area (Å²) >= 11 is 0. The van der Waals surface area contributed by atoms with Crippen molar-refractivity contribution in [2.75, 3.05) is 6.61 Å². The van der Waals surface area contributed by atoms with Crippen molar-refractivity contribution in [1.29, 1.82) is 0 Å². The maximum absolute atomic E-state index is 13.6. The van der Waals surface area contributed by atoms with Gasteiger partial charge in [-0.2, -0.15) is 0 Å². The minimum absolute atomic E-state index is 0.00871. The molecule has 1 aliphatic carbocycles. The van der Waals surface area contributed by atoms with E-state index in [1.54, 1.807) is 18.2 Å². The van der Waals surface area contributed by atoms with Crippen LogP contribution in [0.3, 0.4) is 0 Å². The van der Waals surface area contributed by atoms with Gasteiger partial charge in [-0.25, -0.2) is 4.39 Å². The van der Waals surface area contributed by atoms with E-state index in [2.05, 4.69) is 5.32 Å². The van der Waals surface area contributed by atoms with Crippen LogP contribution in [0.1, 0.15) is 31.2 Å². The number of carboxylic acid groups (broad SMARTS) is 1. The van der Waals surface area contributed by atoms with Gasteiger partial charge in [0.1, 0.15) is 5.82 Å². The summed E-state index contributed by atoms with van der Waals surface area (Å²) in [6.45, 7) is 0.511. The molecule has 3 rings (SSSR count). The van der Waals surface area contributed by atoms with Gasteiger partial charge in [-0.15, -0.1) is 0 Å². The molecule has 1 saturated heterocycles. The fourth-order valence-electron chi connectivity index (χ4n) is 3.54. The fraction of sp³-hybridized carbons (Fsp3) is 0.529. The summed E-state index contributed by atoms with van der Waals surface area (Å²) in [5, 5.41) is 11.9. The third-order valence-corrected chi connectivity index (χ3v) is 4.75. The number of ether oxygens (including phenoxy) is 1. The molecule has 0 bridgehead atoms. The lowest BCUT2D eigenvalue weighted by atomic mass is 9.66. The summed E-state index contributed by atoms with van der Waals surface area (Å²) in [7, 11) is 0. The van der Waals surface area contributed by atoms with Crippen molar-refractivity contribution in [3.8, 4) is 0 Å². The Morgan fingerprint density at radius 3 is 2.74 bits per heavy atom. The lowest BCUT2D eigenvalue weighted by Gasteiger charge is -2.50. The smallest absolute Gasteiger partial charge is 0.306 e. The van der Waals surface area contributed by atoms with Crippen molar-refractivity contribution < 1.29 is 23.8 Å². The van der Waals surface area contributed by atoms with Crippen LogP contribution in [-0.4, -0.2) is 35.2 Å². The molecule has 2 aliphatic rings. The molecule has 2 N–H and O–H groups in total. The minimum atomic E-state index is -0.787. The minimum Gasteiger partial charge on any atom is -0.481 e. The number of hydrogen-bond acceptors (Lipinski definition) is 3. The topological polar surface area (TPSA) is 75.6 Å². The second-order valence-electron chi connectivity index (χ2n) is 6.50. The second kappa shape index (κ2) is 6.28. The van der Waals surface area contributed by atoms with Crippen LogP contribution < -0.4 is 5.32 Å². The van der Waals surface area contributed by atoms with E-state index in [4.69, 9.17) is 9.84 Å². The van der Waals surface area contributed by atoms with Gasteiger partial charge in [0.15, 0.2) is 0 Å². The van der Waals surface area contributed by atoms with Crippen LogP contribution in [0, 0.1) is 11.7 Å². The Balaban J connectivity index is 1.53. The van der Waals surface area contributed by atoms with Crippen molar-refractivity contribution >= 4 is 11.9 Å². The molecule has 6 heteroatoms. The quantitative estimate of drug-likeness (QED) is 0.888. The van der Waals surface area contributed by atoms with Crippen LogP contribution in [0.15, 0.2) is 24.3 Å². The Kier molecular flexibility index (Phi) is 4.35. The predicted octanol–water partition coefficient (Wildman–Crippen LogP) is 1.90. The van der Waals surface area contributed by atoms with Gasteiger partial charge >= 0.3 is 5.97 Å². The maximum atomic E-state index is 13.6. The SMILES string of the molecule is O=C(Cc1ccccc1F)NC1CCOC2(C1)CC(C(=O)O)C2. The molecule has 1 unspecified atom stereocenters. The van der Waals surface area contributed by atoms with Crippen molar-refractivity contribution in [2.24, 2.45) is 5.92 Å². The number of rotatable bonds is 4. The summed E-state index contributed by atoms with van der Waals surface area (Å²) in [5.41, 5.74) is -0.0292. The lowest BCUT2D eigenvalue weighted by Crippen LogP contribution is -2.56. The zero-order chi connectivity index (χ0) is 16.4. The van der Waals surface area contributed by atoms with E-state index in [0.29, 0.717) is 37.9 Å². The van der Waals surface area contributed by atoms with E-state index < -0.39 is 11.6 Å². The lowest BCUT2D eigenvalue weighted by molar-refractivity contribution is -0.182. The number of amides is 1. The second-order valence-corrected chi connectivity index (χ2v) is 6.50. The average Bonchev–Trinajstić information content (AvgIpc) is 2.47. The molecule has 1 aromatic carbocycles. The summed E-state index contributed by atoms with van der Waals surface area (Å²) in [6.07, 6.45) is 2.33. The fourth-order valence-corrected chi connectivity index (χ4v) is 3.54. The molecule has 1 spiro atoms. The van der Waals surface area contributed by atoms with Gasteiger partial charge in [0.25, 0.3) is 0 Å². The van der Waals surface area contributed by atoms with Gasteiger partial charge in [0.05, 0.1) is 17.9 Å². The molecular formula is C17H20FNO4. The molecule has 1 amide bonds. The summed E-state index contributed by atoms with van der Waals surface area (Å²) < 4.78 is 19.3. The van der Waals surface area contributed by atoms with Crippen molar-refractivity contribution in [2.45, 2.75) is 43.7 Å². The molecule has 1 heterocycles. The monoisotopic (exact) mass is 321 g/mol. The first kappa shape index (κ1) is 15.9. The van der Waals surface area contributed by atoms with Crippen LogP contribution in [0.2, 0.25) is 0 Å². The largest absolute Gasteiger partial charge is 0.481 e. The molecule has 0 radical (unpaired) electrons. The van der Waals surface area contributed by atoms with E-state index in [0.717, 1.165) is 0 Å². The first-order valence-corrected chi connectivity index (χ1v) is 7.87. The number of nitrogens with one attached hydrogen (secondary N) is 1. The molecule has 1 aliphatic heterocycles. The molecule has 23 heavy (non-hydrogen) atoms. The number of aliphatic carboxylic acids is 1. The highest BCUT2D eigenvalue weighted by molar-refractivity contribution is 5.79. The molecule has 0 aromatic heterocycles. The van der Waals surface area contributed by atoms with Crippen molar-refractivity contribution in [1.82, 2.24) is 5.32 Å². The van der Waals surface area contributed by atoms with Gasteiger partial charge in [-0.3, -0.25) is 9.59 Å². The average molecular weight is 321 g/mol. The summed E-state index contributed by atoms with van der Waals surface area (Å²) in [4.78, 5) is 23.1. The summed E-state index contributed by atoms with van der Waals surface area (Å²) in [6, 6.07) is 6.19. The molecule has 2 fully saturated rings. The first-order chi connectivity index (χ1) is 11.0. The van der Waals surface area contributed by atoms with E-state index in [1.165, 1.54) is 6.07 Å². The summed E-state index contributed by atoms with van der Waals surface area (Å²) in [5.74, 6) is -1.73. The number of carboxylic acids is 1. The van der Waals surface area contributed by atoms with Crippen LogP contribution >= 0.6 is 0 Å². The first-order valence-electron chi connectivity index (χ1n) is 7.87. The van der Waals surface area contributed by atoms with E-state index in [-0.39, 0.29) is 30.1 Å². The van der Waals surface area contributed by atoms with E-state index in [1.807, 2.05) is 0 Å². The molecule has 5 nitrogen and oxygen atoms in total. The standard InChI is InChI=1S/C17H20FNO4/c18-14-4-2-1-3-11(14)7-15(20)19-13-5-6-23-17(10-13)8-12(9-17)16(21)22/h1-4,12-13H,5-10H2,(H,19,20)(H,21,22). The Morgan fingerprint density at radius 2 is 2.04 bits per heavy atom. The van der Waals surface area contributed by atoms with Gasteiger partial charge in [0.2, 0.25) is 5.91 Å². The van der Waals surface area contributed by atoms with Crippen molar-refractivity contribution in [3.63, 3.8) is 0 Å². The third kappa shape index (κ3) is 3.52. The predicted molar refractivity (Wildman–Crippen MR) is 80.3 cm³/mol. The number of benzene rings is 1. The van der Waals surface area contributed by atoms with Gasteiger partial charge in [-0.1, -0.05) is 18.2 Å². The highest BCUT2D eigenvalue weighted by Crippen LogP contribution is 2.46. The number of carbonyl (C=O) groups is 2. The zero-order valence-corrected chi connectivity index (χ0v) is 12.8. The number of carbonyl (C=O) groups excluding carboxylic acids is 1. The molecule has 1 atom stereocenters. The normalized spacial score (nSPS) is 29.8. The Bertz CT molecular complexity index is 612. The molecule has 1 saturated carbocycles. The van der Waals surface area contributed by atoms with Gasteiger partial charge < -0.3 is 15.2 Å². The molecular weight excluding hydrogens is 301 g/mol. The highest BCUT2D eigenvalue weighted by Gasteiger charge is 2.51. The van der Waals surface area contributed by atoms with Gasteiger partial charge in [-0.05, 0) is 37.3 Å². The Morgan fingerprint density at radius 1 is 1.30 bits per heavy atom.